The third-order valence-electron chi connectivity index (χ3n) is 5.71. The van der Waals surface area contributed by atoms with Gasteiger partial charge in [0.25, 0.3) is 17.7 Å². The summed E-state index contributed by atoms with van der Waals surface area (Å²) in [5.74, 6) is -1.95. The van der Waals surface area contributed by atoms with Crippen LogP contribution in [0.4, 0.5) is 15.8 Å². The Kier molecular flexibility index (Phi) is 7.42. The standard InChI is InChI=1S/C24H24ClFN6O3/c1-32-10-8-17(9-11-32)31-24(35)21-20(27-13-28-21)23(34)30-16-5-3-15(4-6-16)29-22(33)18-7-2-14(26)12-19(18)25/h2-7,12-13,17H,8-11H2,1H3,(H,27,28)(H,29,33)(H,30,34)(H,31,35). The largest absolute Gasteiger partial charge is 0.348 e. The Morgan fingerprint density at radius 1 is 1.00 bits per heavy atom. The summed E-state index contributed by atoms with van der Waals surface area (Å²) in [5, 5.41) is 8.31. The first-order chi connectivity index (χ1) is 16.8. The molecule has 2 heterocycles. The summed E-state index contributed by atoms with van der Waals surface area (Å²) in [5.41, 5.74) is 1.11. The van der Waals surface area contributed by atoms with Gasteiger partial charge in [-0.1, -0.05) is 11.6 Å². The van der Waals surface area contributed by atoms with Crippen LogP contribution < -0.4 is 16.0 Å². The van der Waals surface area contributed by atoms with Crippen LogP contribution >= 0.6 is 11.6 Å². The first-order valence-corrected chi connectivity index (χ1v) is 11.4. The molecule has 0 aliphatic carbocycles. The molecular formula is C24H24ClFN6O3. The van der Waals surface area contributed by atoms with Gasteiger partial charge in [0, 0.05) is 17.4 Å². The first-order valence-electron chi connectivity index (χ1n) is 11.0. The highest BCUT2D eigenvalue weighted by Gasteiger charge is 2.24. The number of H-pyrrole nitrogens is 1. The lowest BCUT2D eigenvalue weighted by molar-refractivity contribution is 0.0902. The van der Waals surface area contributed by atoms with Crippen molar-refractivity contribution in [3.05, 3.63) is 76.6 Å². The molecule has 9 nitrogen and oxygen atoms in total. The van der Waals surface area contributed by atoms with Gasteiger partial charge < -0.3 is 25.8 Å². The highest BCUT2D eigenvalue weighted by molar-refractivity contribution is 6.34. The van der Waals surface area contributed by atoms with E-state index in [0.717, 1.165) is 38.1 Å². The van der Waals surface area contributed by atoms with E-state index in [0.29, 0.717) is 11.4 Å². The summed E-state index contributed by atoms with van der Waals surface area (Å²) in [7, 11) is 2.04. The van der Waals surface area contributed by atoms with Gasteiger partial charge >= 0.3 is 0 Å². The number of nitrogens with zero attached hydrogens (tertiary/aromatic N) is 2. The van der Waals surface area contributed by atoms with Crippen molar-refractivity contribution in [1.29, 1.82) is 0 Å². The molecule has 3 amide bonds. The number of rotatable bonds is 6. The number of nitrogens with one attached hydrogen (secondary N) is 4. The fourth-order valence-corrected chi connectivity index (χ4v) is 4.00. The second-order valence-corrected chi connectivity index (χ2v) is 8.69. The van der Waals surface area contributed by atoms with Crippen molar-refractivity contribution in [2.45, 2.75) is 18.9 Å². The van der Waals surface area contributed by atoms with Crippen molar-refractivity contribution < 1.29 is 18.8 Å². The molecule has 1 aromatic heterocycles. The van der Waals surface area contributed by atoms with Gasteiger partial charge in [-0.25, -0.2) is 9.37 Å². The molecule has 1 fully saturated rings. The lowest BCUT2D eigenvalue weighted by Crippen LogP contribution is -2.43. The summed E-state index contributed by atoms with van der Waals surface area (Å²) in [6.45, 7) is 1.79. The van der Waals surface area contributed by atoms with Crippen molar-refractivity contribution in [3.8, 4) is 0 Å². The summed E-state index contributed by atoms with van der Waals surface area (Å²) >= 11 is 5.93. The molecule has 4 N–H and O–H groups in total. The summed E-state index contributed by atoms with van der Waals surface area (Å²) in [6.07, 6.45) is 2.99. The fourth-order valence-electron chi connectivity index (χ4n) is 3.75. The average Bonchev–Trinajstić information content (AvgIpc) is 3.32. The average molecular weight is 499 g/mol. The van der Waals surface area contributed by atoms with E-state index in [1.54, 1.807) is 24.3 Å². The number of benzene rings is 2. The number of hydrogen-bond acceptors (Lipinski definition) is 5. The zero-order valence-electron chi connectivity index (χ0n) is 18.9. The van der Waals surface area contributed by atoms with E-state index >= 15 is 0 Å². The minimum Gasteiger partial charge on any atom is -0.348 e. The van der Waals surface area contributed by atoms with Crippen LogP contribution in [-0.4, -0.2) is 58.8 Å². The van der Waals surface area contributed by atoms with Gasteiger partial charge in [0.15, 0.2) is 5.69 Å². The van der Waals surface area contributed by atoms with E-state index in [2.05, 4.69) is 30.8 Å². The molecule has 11 heteroatoms. The normalized spacial score (nSPS) is 14.4. The van der Waals surface area contributed by atoms with E-state index < -0.39 is 17.6 Å². The number of carbonyl (C=O) groups excluding carboxylic acids is 3. The van der Waals surface area contributed by atoms with Crippen LogP contribution in [0.2, 0.25) is 5.02 Å². The molecule has 0 bridgehead atoms. The summed E-state index contributed by atoms with van der Waals surface area (Å²) < 4.78 is 13.2. The number of hydrogen-bond donors (Lipinski definition) is 4. The summed E-state index contributed by atoms with van der Waals surface area (Å²) in [4.78, 5) is 46.8. The van der Waals surface area contributed by atoms with Crippen molar-refractivity contribution in [3.63, 3.8) is 0 Å². The zero-order chi connectivity index (χ0) is 24.9. The van der Waals surface area contributed by atoms with Crippen molar-refractivity contribution in [1.82, 2.24) is 20.2 Å². The number of carbonyl (C=O) groups is 3. The third-order valence-corrected chi connectivity index (χ3v) is 6.02. The number of imidazole rings is 1. The highest BCUT2D eigenvalue weighted by Crippen LogP contribution is 2.20. The Balaban J connectivity index is 1.36. The van der Waals surface area contributed by atoms with Crippen LogP contribution in [0.15, 0.2) is 48.8 Å². The maximum absolute atomic E-state index is 13.2. The Bertz CT molecular complexity index is 1240. The van der Waals surface area contributed by atoms with Crippen molar-refractivity contribution in [2.75, 3.05) is 30.8 Å². The molecule has 1 saturated heterocycles. The minimum atomic E-state index is -0.547. The lowest BCUT2D eigenvalue weighted by atomic mass is 10.1. The molecular weight excluding hydrogens is 475 g/mol. The van der Waals surface area contributed by atoms with Crippen LogP contribution in [0.3, 0.4) is 0 Å². The minimum absolute atomic E-state index is 0.000972. The number of piperidine rings is 1. The molecule has 0 spiro atoms. The number of aromatic nitrogens is 2. The molecule has 0 atom stereocenters. The molecule has 4 rings (SSSR count). The predicted octanol–water partition coefficient (Wildman–Crippen LogP) is 3.53. The second-order valence-electron chi connectivity index (χ2n) is 8.29. The van der Waals surface area contributed by atoms with Crippen LogP contribution in [0.1, 0.15) is 44.2 Å². The van der Waals surface area contributed by atoms with E-state index in [-0.39, 0.29) is 33.9 Å². The number of aromatic amines is 1. The van der Waals surface area contributed by atoms with Gasteiger partial charge in [-0.2, -0.15) is 0 Å². The van der Waals surface area contributed by atoms with Crippen LogP contribution in [0, 0.1) is 5.82 Å². The van der Waals surface area contributed by atoms with Crippen LogP contribution in [0.25, 0.3) is 0 Å². The Morgan fingerprint density at radius 3 is 2.26 bits per heavy atom. The first kappa shape index (κ1) is 24.4. The molecule has 0 unspecified atom stereocenters. The molecule has 3 aromatic rings. The van der Waals surface area contributed by atoms with Gasteiger partial charge in [-0.3, -0.25) is 14.4 Å². The third kappa shape index (κ3) is 6.03. The maximum atomic E-state index is 13.2. The van der Waals surface area contributed by atoms with Gasteiger partial charge in [-0.15, -0.1) is 0 Å². The van der Waals surface area contributed by atoms with Crippen molar-refractivity contribution in [2.24, 2.45) is 0 Å². The molecule has 0 radical (unpaired) electrons. The smallest absolute Gasteiger partial charge is 0.276 e. The lowest BCUT2D eigenvalue weighted by Gasteiger charge is -2.29. The predicted molar refractivity (Wildman–Crippen MR) is 130 cm³/mol. The molecule has 2 aromatic carbocycles. The van der Waals surface area contributed by atoms with Crippen LogP contribution in [0.5, 0.6) is 0 Å². The Hall–Kier alpha value is -3.76. The van der Waals surface area contributed by atoms with E-state index in [1.807, 2.05) is 7.05 Å². The van der Waals surface area contributed by atoms with Gasteiger partial charge in [0.2, 0.25) is 0 Å². The topological polar surface area (TPSA) is 119 Å². The van der Waals surface area contributed by atoms with Crippen molar-refractivity contribution >= 4 is 40.7 Å². The Morgan fingerprint density at radius 2 is 1.63 bits per heavy atom. The SMILES string of the molecule is CN1CCC(NC(=O)c2[nH]cnc2C(=O)Nc2ccc(NC(=O)c3ccc(F)cc3Cl)cc2)CC1. The fraction of sp³-hybridized carbons (Fsp3) is 0.250. The maximum Gasteiger partial charge on any atom is 0.276 e. The zero-order valence-corrected chi connectivity index (χ0v) is 19.7. The number of anilines is 2. The molecule has 1 aliphatic rings. The van der Waals surface area contributed by atoms with Crippen LogP contribution in [-0.2, 0) is 0 Å². The number of halogens is 2. The van der Waals surface area contributed by atoms with Gasteiger partial charge in [0.1, 0.15) is 11.5 Å². The molecule has 182 valence electrons. The second kappa shape index (κ2) is 10.7. The monoisotopic (exact) mass is 498 g/mol. The highest BCUT2D eigenvalue weighted by atomic mass is 35.5. The summed E-state index contributed by atoms with van der Waals surface area (Å²) in [6, 6.07) is 9.90. The quantitative estimate of drug-likeness (QED) is 0.414. The van der Waals surface area contributed by atoms with E-state index in [4.69, 9.17) is 11.6 Å². The van der Waals surface area contributed by atoms with Gasteiger partial charge in [0.05, 0.1) is 16.9 Å². The molecule has 1 aliphatic heterocycles. The van der Waals surface area contributed by atoms with E-state index in [1.165, 1.54) is 12.4 Å². The molecule has 35 heavy (non-hydrogen) atoms. The number of likely N-dealkylation sites (tertiary alicyclic amines) is 1. The number of amides is 3. The molecule has 0 saturated carbocycles. The van der Waals surface area contributed by atoms with E-state index in [9.17, 15) is 18.8 Å². The van der Waals surface area contributed by atoms with Gasteiger partial charge in [-0.05, 0) is 75.4 Å². The Labute approximate surface area is 206 Å².